The van der Waals surface area contributed by atoms with Gasteiger partial charge in [-0.15, -0.1) is 0 Å². The maximum absolute atomic E-state index is 13.5. The van der Waals surface area contributed by atoms with Crippen LogP contribution in [-0.2, 0) is 11.3 Å². The number of ether oxygens (including phenoxy) is 1. The molecule has 3 rings (SSSR count). The van der Waals surface area contributed by atoms with Crippen LogP contribution in [0.1, 0.15) is 39.1 Å². The molecule has 1 heterocycles. The van der Waals surface area contributed by atoms with Crippen LogP contribution in [0.3, 0.4) is 0 Å². The predicted molar refractivity (Wildman–Crippen MR) is 87.1 cm³/mol. The summed E-state index contributed by atoms with van der Waals surface area (Å²) in [6, 6.07) is 9.82. The number of carbonyl (C=O) groups is 2. The molecule has 6 heteroatoms. The lowest BCUT2D eigenvalue weighted by Crippen LogP contribution is -2.27. The molecule has 0 unspecified atom stereocenters. The molecule has 0 atom stereocenters. The molecular weight excluding hydrogens is 328 g/mol. The number of amides is 1. The molecule has 2 aromatic carbocycles. The highest BCUT2D eigenvalue weighted by atomic mass is 19.1. The molecule has 1 aliphatic rings. The fourth-order valence-electron chi connectivity index (χ4n) is 2.76. The SMILES string of the molecule is O=C(OCc1ccc(C(=O)N2CCCC2)cc1)c1c(F)cccc1F. The van der Waals surface area contributed by atoms with Gasteiger partial charge in [-0.25, -0.2) is 13.6 Å². The largest absolute Gasteiger partial charge is 0.457 e. The maximum atomic E-state index is 13.5. The van der Waals surface area contributed by atoms with Gasteiger partial charge >= 0.3 is 5.97 Å². The Morgan fingerprint density at radius 3 is 2.16 bits per heavy atom. The van der Waals surface area contributed by atoms with Crippen LogP contribution in [0.4, 0.5) is 8.78 Å². The lowest BCUT2D eigenvalue weighted by atomic mass is 10.1. The van der Waals surface area contributed by atoms with Crippen LogP contribution in [0.2, 0.25) is 0 Å². The Morgan fingerprint density at radius 2 is 1.56 bits per heavy atom. The van der Waals surface area contributed by atoms with E-state index in [4.69, 9.17) is 4.74 Å². The molecule has 130 valence electrons. The molecule has 2 aromatic rings. The van der Waals surface area contributed by atoms with E-state index in [2.05, 4.69) is 0 Å². The minimum atomic E-state index is -1.06. The summed E-state index contributed by atoms with van der Waals surface area (Å²) < 4.78 is 32.0. The molecule has 4 nitrogen and oxygen atoms in total. The molecule has 1 fully saturated rings. The summed E-state index contributed by atoms with van der Waals surface area (Å²) in [5.74, 6) is -3.00. The fraction of sp³-hybridized carbons (Fsp3) is 0.263. The van der Waals surface area contributed by atoms with Crippen molar-refractivity contribution in [1.82, 2.24) is 4.90 Å². The van der Waals surface area contributed by atoms with Crippen molar-refractivity contribution in [2.45, 2.75) is 19.4 Å². The first-order valence-corrected chi connectivity index (χ1v) is 8.05. The molecule has 1 amide bonds. The van der Waals surface area contributed by atoms with Crippen molar-refractivity contribution in [3.63, 3.8) is 0 Å². The molecule has 0 aromatic heterocycles. The summed E-state index contributed by atoms with van der Waals surface area (Å²) in [6.07, 6.45) is 2.04. The van der Waals surface area contributed by atoms with Crippen molar-refractivity contribution in [2.75, 3.05) is 13.1 Å². The fourth-order valence-corrected chi connectivity index (χ4v) is 2.76. The third kappa shape index (κ3) is 3.84. The van der Waals surface area contributed by atoms with E-state index in [1.807, 2.05) is 0 Å². The first kappa shape index (κ1) is 17.1. The van der Waals surface area contributed by atoms with Crippen molar-refractivity contribution in [3.05, 3.63) is 70.8 Å². The predicted octanol–water partition coefficient (Wildman–Crippen LogP) is 3.56. The van der Waals surface area contributed by atoms with Crippen LogP contribution in [0.15, 0.2) is 42.5 Å². The number of likely N-dealkylation sites (tertiary alicyclic amines) is 1. The summed E-state index contributed by atoms with van der Waals surface area (Å²) in [5.41, 5.74) is 0.489. The van der Waals surface area contributed by atoms with Gasteiger partial charge in [0.15, 0.2) is 0 Å². The molecule has 0 aliphatic carbocycles. The summed E-state index contributed by atoms with van der Waals surface area (Å²) in [7, 11) is 0. The van der Waals surface area contributed by atoms with Crippen molar-refractivity contribution < 1.29 is 23.1 Å². The number of nitrogens with zero attached hydrogens (tertiary/aromatic N) is 1. The van der Waals surface area contributed by atoms with E-state index in [1.54, 1.807) is 29.2 Å². The smallest absolute Gasteiger partial charge is 0.344 e. The minimum Gasteiger partial charge on any atom is -0.457 e. The summed E-state index contributed by atoms with van der Waals surface area (Å²) >= 11 is 0. The van der Waals surface area contributed by atoms with E-state index in [0.717, 1.165) is 38.1 Å². The normalized spacial score (nSPS) is 13.8. The average molecular weight is 345 g/mol. The Balaban J connectivity index is 1.62. The number of hydrogen-bond donors (Lipinski definition) is 0. The van der Waals surface area contributed by atoms with E-state index < -0.39 is 23.2 Å². The number of halogens is 2. The van der Waals surface area contributed by atoms with E-state index in [-0.39, 0.29) is 12.5 Å². The molecule has 0 N–H and O–H groups in total. The maximum Gasteiger partial charge on any atom is 0.344 e. The van der Waals surface area contributed by atoms with E-state index in [1.165, 1.54) is 6.07 Å². The summed E-state index contributed by atoms with van der Waals surface area (Å²) in [6.45, 7) is 1.41. The highest BCUT2D eigenvalue weighted by molar-refractivity contribution is 5.94. The topological polar surface area (TPSA) is 46.6 Å². The van der Waals surface area contributed by atoms with Crippen molar-refractivity contribution in [3.8, 4) is 0 Å². The zero-order valence-corrected chi connectivity index (χ0v) is 13.5. The first-order valence-electron chi connectivity index (χ1n) is 8.05. The molecule has 0 saturated carbocycles. The Labute approximate surface area is 144 Å². The quantitative estimate of drug-likeness (QED) is 0.796. The molecule has 1 aliphatic heterocycles. The first-order chi connectivity index (χ1) is 12.1. The van der Waals surface area contributed by atoms with E-state index >= 15 is 0 Å². The number of hydrogen-bond acceptors (Lipinski definition) is 3. The third-order valence-corrected chi connectivity index (χ3v) is 4.13. The standard InChI is InChI=1S/C19H17F2NO3/c20-15-4-3-5-16(21)17(15)19(24)25-12-13-6-8-14(9-7-13)18(23)22-10-1-2-11-22/h3-9H,1-2,10-12H2. The van der Waals surface area contributed by atoms with Gasteiger partial charge in [0.25, 0.3) is 5.91 Å². The van der Waals surface area contributed by atoms with Crippen molar-refractivity contribution >= 4 is 11.9 Å². The van der Waals surface area contributed by atoms with Gasteiger partial charge in [0, 0.05) is 18.7 Å². The monoisotopic (exact) mass is 345 g/mol. The Morgan fingerprint density at radius 1 is 0.960 bits per heavy atom. The van der Waals surface area contributed by atoms with Gasteiger partial charge in [-0.3, -0.25) is 4.79 Å². The molecule has 1 saturated heterocycles. The van der Waals surface area contributed by atoms with Gasteiger partial charge in [-0.2, -0.15) is 0 Å². The minimum absolute atomic E-state index is 0.0190. The molecular formula is C19H17F2NO3. The Hall–Kier alpha value is -2.76. The van der Waals surface area contributed by atoms with Gasteiger partial charge in [0.1, 0.15) is 23.8 Å². The van der Waals surface area contributed by atoms with Crippen molar-refractivity contribution in [2.24, 2.45) is 0 Å². The number of esters is 1. The molecule has 0 radical (unpaired) electrons. The second-order valence-corrected chi connectivity index (χ2v) is 5.87. The van der Waals surface area contributed by atoms with Crippen LogP contribution < -0.4 is 0 Å². The van der Waals surface area contributed by atoms with Gasteiger partial charge in [-0.1, -0.05) is 18.2 Å². The summed E-state index contributed by atoms with van der Waals surface area (Å²) in [4.78, 5) is 25.9. The Bertz CT molecular complexity index is 764. The van der Waals surface area contributed by atoms with Gasteiger partial charge in [0.05, 0.1) is 0 Å². The lowest BCUT2D eigenvalue weighted by molar-refractivity contribution is 0.0461. The molecule has 0 spiro atoms. The Kier molecular flexibility index (Phi) is 5.07. The van der Waals surface area contributed by atoms with E-state index in [0.29, 0.717) is 11.1 Å². The number of carbonyl (C=O) groups excluding carboxylic acids is 2. The number of rotatable bonds is 4. The average Bonchev–Trinajstić information content (AvgIpc) is 3.14. The van der Waals surface area contributed by atoms with Crippen LogP contribution in [0.25, 0.3) is 0 Å². The van der Waals surface area contributed by atoms with Crippen LogP contribution >= 0.6 is 0 Å². The van der Waals surface area contributed by atoms with Gasteiger partial charge < -0.3 is 9.64 Å². The van der Waals surface area contributed by atoms with Crippen LogP contribution in [0, 0.1) is 11.6 Å². The second-order valence-electron chi connectivity index (χ2n) is 5.87. The zero-order chi connectivity index (χ0) is 17.8. The van der Waals surface area contributed by atoms with Crippen molar-refractivity contribution in [1.29, 1.82) is 0 Å². The molecule has 0 bridgehead atoms. The third-order valence-electron chi connectivity index (χ3n) is 4.13. The van der Waals surface area contributed by atoms with Crippen LogP contribution in [0.5, 0.6) is 0 Å². The van der Waals surface area contributed by atoms with Crippen LogP contribution in [-0.4, -0.2) is 29.9 Å². The zero-order valence-electron chi connectivity index (χ0n) is 13.5. The summed E-state index contributed by atoms with van der Waals surface area (Å²) in [5, 5.41) is 0. The van der Waals surface area contributed by atoms with Gasteiger partial charge in [-0.05, 0) is 42.7 Å². The van der Waals surface area contributed by atoms with Gasteiger partial charge in [0.2, 0.25) is 0 Å². The second kappa shape index (κ2) is 7.42. The lowest BCUT2D eigenvalue weighted by Gasteiger charge is -2.15. The number of benzene rings is 2. The molecule has 25 heavy (non-hydrogen) atoms. The highest BCUT2D eigenvalue weighted by Crippen LogP contribution is 2.16. The highest BCUT2D eigenvalue weighted by Gasteiger charge is 2.20. The van der Waals surface area contributed by atoms with E-state index in [9.17, 15) is 18.4 Å².